The summed E-state index contributed by atoms with van der Waals surface area (Å²) in [4.78, 5) is 42.2. The first-order valence-electron chi connectivity index (χ1n) is 7.94. The minimum absolute atomic E-state index is 0. The molecule has 1 rings (SSSR count). The van der Waals surface area contributed by atoms with Gasteiger partial charge in [0.15, 0.2) is 0 Å². The molecule has 26 heavy (non-hydrogen) atoms. The maximum atomic E-state index is 12.2. The van der Waals surface area contributed by atoms with Crippen LogP contribution in [0, 0.1) is 0 Å². The smallest absolute Gasteiger partial charge is 0.646 e. The molecule has 0 saturated heterocycles. The number of ether oxygens (including phenoxy) is 1. The molecule has 1 heterocycles. The number of aromatic nitrogens is 2. The number of hydrogen-bond donors (Lipinski definition) is 3. The van der Waals surface area contributed by atoms with Gasteiger partial charge in [-0.25, -0.2) is 4.98 Å². The van der Waals surface area contributed by atoms with Gasteiger partial charge in [-0.3, -0.25) is 4.79 Å². The molecule has 5 N–H and O–H groups in total. The van der Waals surface area contributed by atoms with Gasteiger partial charge in [0, 0.05) is 18.1 Å². The van der Waals surface area contributed by atoms with E-state index in [-0.39, 0.29) is 23.5 Å². The maximum Gasteiger partial charge on any atom is 2.00 e. The Labute approximate surface area is 162 Å². The monoisotopic (exact) mass is 415 g/mol. The van der Waals surface area contributed by atoms with Crippen molar-refractivity contribution in [2.75, 3.05) is 20.2 Å². The van der Waals surface area contributed by atoms with Gasteiger partial charge in [0.25, 0.3) is 5.97 Å². The maximum absolute atomic E-state index is 12.2. The normalized spacial score (nSPS) is 12.4. The largest absolute Gasteiger partial charge is 2.00 e. The van der Waals surface area contributed by atoms with Crippen LogP contribution >= 0.6 is 0 Å². The van der Waals surface area contributed by atoms with Crippen molar-refractivity contribution in [2.24, 2.45) is 11.5 Å². The quantitative estimate of drug-likeness (QED) is 0.254. The molecule has 0 unspecified atom stereocenters. The number of H-pyrrole nitrogens is 1. The molecular weight excluding hydrogens is 392 g/mol. The molecule has 1 aromatic heterocycles. The predicted molar refractivity (Wildman–Crippen MR) is 90.6 cm³/mol. The van der Waals surface area contributed by atoms with Crippen LogP contribution in [0.25, 0.3) is 10.6 Å². The van der Waals surface area contributed by atoms with E-state index < -0.39 is 36.4 Å². The number of carbonyl (C=O) groups excluding carboxylic acids is 3. The number of amides is 2. The Balaban J connectivity index is 0.00000625. The molecule has 1 aromatic rings. The number of carbonyl (C=O) groups is 3. The van der Waals surface area contributed by atoms with Crippen LogP contribution in [-0.4, -0.2) is 60.0 Å². The van der Waals surface area contributed by atoms with E-state index >= 15 is 0 Å². The second-order valence-corrected chi connectivity index (χ2v) is 5.37. The molecule has 0 aromatic carbocycles. The third-order valence-corrected chi connectivity index (χ3v) is 3.40. The van der Waals surface area contributed by atoms with E-state index in [1.54, 1.807) is 6.20 Å². The zero-order chi connectivity index (χ0) is 18.7. The molecule has 0 aliphatic carbocycles. The van der Waals surface area contributed by atoms with Crippen LogP contribution in [0.3, 0.4) is 0 Å². The number of unbranched alkanes of at least 4 members (excludes halogenated alkanes) is 1. The van der Waals surface area contributed by atoms with Crippen molar-refractivity contribution in [3.63, 3.8) is 0 Å². The first-order chi connectivity index (χ1) is 12.0. The molecule has 11 heteroatoms. The van der Waals surface area contributed by atoms with Crippen LogP contribution in [-0.2, 0) is 42.6 Å². The van der Waals surface area contributed by atoms with Crippen LogP contribution in [0.2, 0.25) is 0 Å². The minimum atomic E-state index is -1.08. The topological polar surface area (TPSA) is 169 Å². The van der Waals surface area contributed by atoms with E-state index in [0.717, 1.165) is 6.42 Å². The number of nitrogens with zero attached hydrogens (tertiary/aromatic N) is 3. The number of nitrogens with one attached hydrogen (secondary N) is 1. The Bertz CT molecular complexity index is 554. The second kappa shape index (κ2) is 13.3. The van der Waals surface area contributed by atoms with Crippen molar-refractivity contribution >= 4 is 17.8 Å². The molecular formula is C15H24CuN6O4. The van der Waals surface area contributed by atoms with Gasteiger partial charge in [-0.1, -0.05) is 12.5 Å². The van der Waals surface area contributed by atoms with Gasteiger partial charge < -0.3 is 41.4 Å². The molecule has 1 radical (unpaired) electrons. The van der Waals surface area contributed by atoms with E-state index in [1.165, 1.54) is 13.4 Å². The van der Waals surface area contributed by atoms with Gasteiger partial charge in [-0.2, -0.15) is 0 Å². The molecule has 0 saturated carbocycles. The van der Waals surface area contributed by atoms with E-state index in [9.17, 15) is 14.4 Å². The summed E-state index contributed by atoms with van der Waals surface area (Å²) in [5, 5.41) is 7.50. The Kier molecular flexibility index (Phi) is 12.3. The number of nitrogens with two attached hydrogens (primary N) is 2. The molecule has 2 atom stereocenters. The summed E-state index contributed by atoms with van der Waals surface area (Å²) in [5.41, 5.74) is 11.7. The van der Waals surface area contributed by atoms with Crippen molar-refractivity contribution in [1.82, 2.24) is 9.97 Å². The summed E-state index contributed by atoms with van der Waals surface area (Å²) in [6.45, 7) is 0.0867. The van der Waals surface area contributed by atoms with Crippen LogP contribution in [0.15, 0.2) is 12.5 Å². The molecule has 0 bridgehead atoms. The average Bonchev–Trinajstić information content (AvgIpc) is 3.11. The number of hydrogen-bond acceptors (Lipinski definition) is 7. The second-order valence-electron chi connectivity index (χ2n) is 5.37. The van der Waals surface area contributed by atoms with Crippen LogP contribution < -0.4 is 11.5 Å². The summed E-state index contributed by atoms with van der Waals surface area (Å²) >= 11 is 0. The average molecular weight is 416 g/mol. The summed E-state index contributed by atoms with van der Waals surface area (Å²) in [6, 6.07) is -1.89. The fraction of sp³-hybridized carbons (Fsp3) is 0.600. The van der Waals surface area contributed by atoms with Crippen molar-refractivity contribution in [1.29, 1.82) is 0 Å². The zero-order valence-corrected chi connectivity index (χ0v) is 15.4. The Morgan fingerprint density at radius 1 is 1.31 bits per heavy atom. The van der Waals surface area contributed by atoms with Crippen LogP contribution in [0.5, 0.6) is 0 Å². The van der Waals surface area contributed by atoms with E-state index in [4.69, 9.17) is 11.5 Å². The number of methoxy groups -OCH3 is 1. The Morgan fingerprint density at radius 2 is 2.04 bits per heavy atom. The van der Waals surface area contributed by atoms with Gasteiger partial charge in [-0.15, -0.1) is 0 Å². The third-order valence-electron chi connectivity index (χ3n) is 3.40. The fourth-order valence-electron chi connectivity index (χ4n) is 1.98. The molecule has 10 nitrogen and oxygen atoms in total. The predicted octanol–water partition coefficient (Wildman–Crippen LogP) is -0.252. The number of imidazole rings is 1. The van der Waals surface area contributed by atoms with E-state index in [0.29, 0.717) is 25.1 Å². The third kappa shape index (κ3) is 8.95. The van der Waals surface area contributed by atoms with Gasteiger partial charge in [-0.05, 0) is 32.4 Å². The summed E-state index contributed by atoms with van der Waals surface area (Å²) in [6.07, 6.45) is 5.00. The van der Waals surface area contributed by atoms with Gasteiger partial charge in [0.2, 0.25) is 0 Å². The molecule has 0 fully saturated rings. The molecule has 0 spiro atoms. The summed E-state index contributed by atoms with van der Waals surface area (Å²) in [5.74, 6) is -1.94. The number of rotatable bonds is 11. The zero-order valence-electron chi connectivity index (χ0n) is 14.5. The summed E-state index contributed by atoms with van der Waals surface area (Å²) in [7, 11) is 1.19. The summed E-state index contributed by atoms with van der Waals surface area (Å²) < 4.78 is 4.43. The van der Waals surface area contributed by atoms with Crippen LogP contribution in [0.1, 0.15) is 25.0 Å². The van der Waals surface area contributed by atoms with Crippen molar-refractivity contribution in [2.45, 2.75) is 37.8 Å². The molecule has 149 valence electrons. The standard InChI is InChI=1S/C15H26N6O4.Cu/c1-25-13(22)8-19-15(24)12(6-10-7-18-9-20-10)21-14(23)11(17)4-2-3-5-16;/h7,9,11-12H,2-6,8,16-17H2,1H3,(H3,18,19,20,21,23,24);/q;+2/p-2/t11-,12-;/m0./s1. The first kappa shape index (κ1) is 24.1. The minimum Gasteiger partial charge on any atom is -0.646 e. The van der Waals surface area contributed by atoms with E-state index in [1.807, 2.05) is 0 Å². The number of aromatic amines is 1. The van der Waals surface area contributed by atoms with Crippen molar-refractivity contribution in [3.05, 3.63) is 28.9 Å². The Morgan fingerprint density at radius 3 is 2.62 bits per heavy atom. The van der Waals surface area contributed by atoms with Gasteiger partial charge >= 0.3 is 17.1 Å². The van der Waals surface area contributed by atoms with Crippen LogP contribution in [0.4, 0.5) is 0 Å². The number of esters is 1. The van der Waals surface area contributed by atoms with E-state index in [2.05, 4.69) is 25.3 Å². The molecule has 2 amide bonds. The van der Waals surface area contributed by atoms with Crippen molar-refractivity contribution in [3.8, 4) is 0 Å². The Hall–Kier alpha value is -1.94. The first-order valence-corrected chi connectivity index (χ1v) is 7.94. The molecule has 0 aliphatic heterocycles. The van der Waals surface area contributed by atoms with Gasteiger partial charge in [0.05, 0.1) is 25.0 Å². The fourth-order valence-corrected chi connectivity index (χ4v) is 1.98. The SMILES string of the molecule is COC(=O)C[N-]C(=O)[C@H](Cc1c[nH]cn1)[N-]C(=O)[C@@H](N)CCCCN.[Cu+2]. The van der Waals surface area contributed by atoms with Gasteiger partial charge in [0.1, 0.15) is 0 Å². The molecule has 0 aliphatic rings. The van der Waals surface area contributed by atoms with Crippen molar-refractivity contribution < 1.29 is 36.2 Å².